The van der Waals surface area contributed by atoms with Crippen LogP contribution in [0.15, 0.2) is 15.9 Å². The van der Waals surface area contributed by atoms with Crippen molar-refractivity contribution in [2.75, 3.05) is 6.61 Å². The van der Waals surface area contributed by atoms with E-state index in [1.165, 1.54) is 0 Å². The van der Waals surface area contributed by atoms with Gasteiger partial charge in [0.15, 0.2) is 5.69 Å². The van der Waals surface area contributed by atoms with Gasteiger partial charge in [0.25, 0.3) is 0 Å². The Morgan fingerprint density at radius 1 is 1.55 bits per heavy atom. The quantitative estimate of drug-likeness (QED) is 0.769. The van der Waals surface area contributed by atoms with Gasteiger partial charge in [-0.3, -0.25) is 0 Å². The first-order valence-electron chi connectivity index (χ1n) is 6.36. The molecule has 2 heterocycles. The van der Waals surface area contributed by atoms with Gasteiger partial charge >= 0.3 is 5.97 Å². The van der Waals surface area contributed by atoms with Crippen LogP contribution in [0, 0.1) is 0 Å². The molecule has 0 aromatic carbocycles. The Balaban J connectivity index is 2.31. The van der Waals surface area contributed by atoms with E-state index in [9.17, 15) is 4.79 Å². The van der Waals surface area contributed by atoms with Crippen molar-refractivity contribution in [3.63, 3.8) is 0 Å². The second-order valence-electron chi connectivity index (χ2n) is 4.59. The number of hydrogen-bond acceptors (Lipinski definition) is 5. The summed E-state index contributed by atoms with van der Waals surface area (Å²) in [6.07, 6.45) is 0. The van der Waals surface area contributed by atoms with Crippen LogP contribution >= 0.6 is 27.3 Å². The van der Waals surface area contributed by atoms with Crippen LogP contribution in [0.1, 0.15) is 47.7 Å². The van der Waals surface area contributed by atoms with Crippen LogP contribution in [0.4, 0.5) is 0 Å². The number of nitrogens with zero attached hydrogens (tertiary/aromatic N) is 3. The summed E-state index contributed by atoms with van der Waals surface area (Å²) in [7, 11) is 0. The molecule has 108 valence electrons. The molecule has 2 aromatic heterocycles. The minimum atomic E-state index is -0.408. The topological polar surface area (TPSA) is 57.0 Å². The molecule has 0 amide bonds. The fourth-order valence-electron chi connectivity index (χ4n) is 1.94. The van der Waals surface area contributed by atoms with Crippen LogP contribution < -0.4 is 0 Å². The predicted molar refractivity (Wildman–Crippen MR) is 81.2 cm³/mol. The van der Waals surface area contributed by atoms with Crippen LogP contribution in [-0.2, 0) is 11.3 Å². The Bertz CT molecular complexity index is 607. The summed E-state index contributed by atoms with van der Waals surface area (Å²) in [5.41, 5.74) is 1.13. The van der Waals surface area contributed by atoms with Crippen molar-refractivity contribution in [3.8, 4) is 0 Å². The average Bonchev–Trinajstić information content (AvgIpc) is 2.96. The fraction of sp³-hybridized carbons (Fsp3) is 0.462. The van der Waals surface area contributed by atoms with E-state index < -0.39 is 5.97 Å². The maximum atomic E-state index is 11.9. The van der Waals surface area contributed by atoms with Crippen molar-refractivity contribution in [1.29, 1.82) is 0 Å². The number of thiophene rings is 1. The minimum Gasteiger partial charge on any atom is -0.461 e. The Labute approximate surface area is 130 Å². The van der Waals surface area contributed by atoms with E-state index in [4.69, 9.17) is 4.74 Å². The average molecular weight is 358 g/mol. The molecule has 0 aliphatic carbocycles. The summed E-state index contributed by atoms with van der Waals surface area (Å²) in [5.74, 6) is -0.261. The van der Waals surface area contributed by atoms with Gasteiger partial charge in [-0.2, -0.15) is 0 Å². The van der Waals surface area contributed by atoms with Crippen molar-refractivity contribution < 1.29 is 9.53 Å². The first-order valence-corrected chi connectivity index (χ1v) is 8.03. The minimum absolute atomic E-state index is 0.146. The van der Waals surface area contributed by atoms with Gasteiger partial charge in [0.05, 0.1) is 18.8 Å². The van der Waals surface area contributed by atoms with E-state index in [2.05, 4.69) is 26.2 Å². The number of aromatic nitrogens is 3. The molecule has 0 saturated carbocycles. The number of hydrogen-bond donors (Lipinski definition) is 0. The lowest BCUT2D eigenvalue weighted by Crippen LogP contribution is -2.12. The SMILES string of the molecule is CCOC(=O)c1nnn(Cc2cc(Br)cs2)c1C(C)C. The zero-order valence-electron chi connectivity index (χ0n) is 11.6. The standard InChI is InChI=1S/C13H16BrN3O2S/c1-4-19-13(18)11-12(8(2)3)17(16-15-11)6-10-5-9(14)7-20-10/h5,7-8H,4,6H2,1-3H3. The first kappa shape index (κ1) is 15.2. The molecule has 0 N–H and O–H groups in total. The van der Waals surface area contributed by atoms with Gasteiger partial charge in [0, 0.05) is 14.7 Å². The van der Waals surface area contributed by atoms with Gasteiger partial charge < -0.3 is 4.74 Å². The maximum Gasteiger partial charge on any atom is 0.360 e. The smallest absolute Gasteiger partial charge is 0.360 e. The lowest BCUT2D eigenvalue weighted by atomic mass is 10.1. The molecular weight excluding hydrogens is 342 g/mol. The summed E-state index contributed by atoms with van der Waals surface area (Å²) >= 11 is 5.07. The van der Waals surface area contributed by atoms with Crippen molar-refractivity contribution in [1.82, 2.24) is 15.0 Å². The molecule has 0 radical (unpaired) electrons. The van der Waals surface area contributed by atoms with Crippen LogP contribution in [0.3, 0.4) is 0 Å². The molecule has 0 saturated heterocycles. The summed E-state index contributed by atoms with van der Waals surface area (Å²) in [6.45, 7) is 6.75. The van der Waals surface area contributed by atoms with Crippen molar-refractivity contribution >= 4 is 33.2 Å². The largest absolute Gasteiger partial charge is 0.461 e. The van der Waals surface area contributed by atoms with Crippen molar-refractivity contribution in [2.24, 2.45) is 0 Å². The van der Waals surface area contributed by atoms with Gasteiger partial charge in [0.2, 0.25) is 0 Å². The molecule has 0 aliphatic rings. The van der Waals surface area contributed by atoms with Crippen LogP contribution in [0.25, 0.3) is 0 Å². The molecule has 0 unspecified atom stereocenters. The number of ether oxygens (including phenoxy) is 1. The fourth-order valence-corrected chi connectivity index (χ4v) is 3.37. The monoisotopic (exact) mass is 357 g/mol. The lowest BCUT2D eigenvalue weighted by Gasteiger charge is -2.09. The first-order chi connectivity index (χ1) is 9.52. The second kappa shape index (κ2) is 6.49. The van der Waals surface area contributed by atoms with Crippen LogP contribution in [0.5, 0.6) is 0 Å². The van der Waals surface area contributed by atoms with Crippen LogP contribution in [-0.4, -0.2) is 27.6 Å². The summed E-state index contributed by atoms with van der Waals surface area (Å²) < 4.78 is 7.85. The van der Waals surface area contributed by atoms with Gasteiger partial charge in [-0.05, 0) is 34.8 Å². The highest BCUT2D eigenvalue weighted by Gasteiger charge is 2.23. The van der Waals surface area contributed by atoms with Crippen LogP contribution in [0.2, 0.25) is 0 Å². The normalized spacial score (nSPS) is 11.1. The van der Waals surface area contributed by atoms with Gasteiger partial charge in [-0.25, -0.2) is 9.48 Å². The Morgan fingerprint density at radius 3 is 2.85 bits per heavy atom. The van der Waals surface area contributed by atoms with Crippen molar-refractivity contribution in [3.05, 3.63) is 32.2 Å². The highest BCUT2D eigenvalue weighted by atomic mass is 79.9. The number of carbonyl (C=O) groups excluding carboxylic acids is 1. The highest BCUT2D eigenvalue weighted by Crippen LogP contribution is 2.23. The molecule has 2 aromatic rings. The van der Waals surface area contributed by atoms with E-state index >= 15 is 0 Å². The molecule has 0 spiro atoms. The molecule has 5 nitrogen and oxygen atoms in total. The van der Waals surface area contributed by atoms with E-state index in [-0.39, 0.29) is 5.92 Å². The molecule has 7 heteroatoms. The zero-order chi connectivity index (χ0) is 14.7. The molecule has 0 bridgehead atoms. The number of carbonyl (C=O) groups is 1. The third-order valence-electron chi connectivity index (χ3n) is 2.72. The molecule has 0 fully saturated rings. The molecular formula is C13H16BrN3O2S. The van der Waals surface area contributed by atoms with Gasteiger partial charge in [-0.15, -0.1) is 16.4 Å². The Kier molecular flexibility index (Phi) is 4.93. The van der Waals surface area contributed by atoms with E-state index in [1.54, 1.807) is 22.9 Å². The predicted octanol–water partition coefficient (Wildman–Crippen LogP) is 3.45. The van der Waals surface area contributed by atoms with E-state index in [1.807, 2.05) is 25.3 Å². The lowest BCUT2D eigenvalue weighted by molar-refractivity contribution is 0.0517. The summed E-state index contributed by atoms with van der Waals surface area (Å²) in [5, 5.41) is 10.1. The third kappa shape index (κ3) is 3.27. The van der Waals surface area contributed by atoms with E-state index in [0.717, 1.165) is 15.0 Å². The molecule has 0 atom stereocenters. The molecule has 20 heavy (non-hydrogen) atoms. The molecule has 0 aliphatic heterocycles. The second-order valence-corrected chi connectivity index (χ2v) is 6.50. The van der Waals surface area contributed by atoms with Crippen molar-refractivity contribution in [2.45, 2.75) is 33.2 Å². The maximum absolute atomic E-state index is 11.9. The van der Waals surface area contributed by atoms with Gasteiger partial charge in [-0.1, -0.05) is 19.1 Å². The number of esters is 1. The number of rotatable bonds is 5. The zero-order valence-corrected chi connectivity index (χ0v) is 14.0. The molecule has 2 rings (SSSR count). The number of halogens is 1. The highest BCUT2D eigenvalue weighted by molar-refractivity contribution is 9.10. The third-order valence-corrected chi connectivity index (χ3v) is 4.40. The van der Waals surface area contributed by atoms with E-state index in [0.29, 0.717) is 18.8 Å². The summed E-state index contributed by atoms with van der Waals surface area (Å²) in [6, 6.07) is 2.04. The Hall–Kier alpha value is -1.21. The van der Waals surface area contributed by atoms with Gasteiger partial charge in [0.1, 0.15) is 0 Å². The summed E-state index contributed by atoms with van der Waals surface area (Å²) in [4.78, 5) is 13.0. The Morgan fingerprint density at radius 2 is 2.30 bits per heavy atom.